The highest BCUT2D eigenvalue weighted by atomic mass is 16.1. The molecule has 0 saturated carbocycles. The zero-order chi connectivity index (χ0) is 13.6. The first kappa shape index (κ1) is 12.4. The topological polar surface area (TPSA) is 58.9 Å². The second-order valence-electron chi connectivity index (χ2n) is 5.60. The van der Waals surface area contributed by atoms with Crippen LogP contribution in [-0.4, -0.2) is 4.98 Å². The summed E-state index contributed by atoms with van der Waals surface area (Å²) in [6, 6.07) is 3.50. The Labute approximate surface area is 113 Å². The van der Waals surface area contributed by atoms with E-state index >= 15 is 0 Å². The van der Waals surface area contributed by atoms with Gasteiger partial charge in [0.05, 0.1) is 5.54 Å². The minimum absolute atomic E-state index is 0.0379. The van der Waals surface area contributed by atoms with Crippen LogP contribution in [-0.2, 0) is 12.0 Å². The third-order valence-electron chi connectivity index (χ3n) is 4.53. The summed E-state index contributed by atoms with van der Waals surface area (Å²) in [5, 5.41) is 0. The maximum atomic E-state index is 11.5. The van der Waals surface area contributed by atoms with Crippen LogP contribution in [0.2, 0.25) is 0 Å². The van der Waals surface area contributed by atoms with Crippen molar-refractivity contribution in [1.29, 1.82) is 0 Å². The summed E-state index contributed by atoms with van der Waals surface area (Å²) in [7, 11) is 0. The van der Waals surface area contributed by atoms with E-state index in [4.69, 9.17) is 5.73 Å². The Morgan fingerprint density at radius 1 is 1.53 bits per heavy atom. The molecule has 3 rings (SSSR count). The molecule has 2 aliphatic rings. The first-order valence-corrected chi connectivity index (χ1v) is 6.96. The summed E-state index contributed by atoms with van der Waals surface area (Å²) >= 11 is 0. The maximum Gasteiger partial charge on any atom is 0.248 e. The van der Waals surface area contributed by atoms with Gasteiger partial charge in [0, 0.05) is 17.7 Å². The van der Waals surface area contributed by atoms with Gasteiger partial charge in [0.1, 0.15) is 0 Å². The van der Waals surface area contributed by atoms with E-state index in [2.05, 4.69) is 31.0 Å². The van der Waals surface area contributed by atoms with Crippen molar-refractivity contribution in [3.63, 3.8) is 0 Å². The van der Waals surface area contributed by atoms with Crippen molar-refractivity contribution in [2.75, 3.05) is 0 Å². The Kier molecular flexibility index (Phi) is 2.75. The minimum Gasteiger partial charge on any atom is -0.326 e. The number of nitrogens with two attached hydrogens (primary N) is 1. The maximum absolute atomic E-state index is 11.5. The average Bonchev–Trinajstić information content (AvgIpc) is 2.37. The molecule has 2 bridgehead atoms. The van der Waals surface area contributed by atoms with Gasteiger partial charge in [-0.1, -0.05) is 24.6 Å². The summed E-state index contributed by atoms with van der Waals surface area (Å²) in [6.45, 7) is 4.24. The third-order valence-corrected chi connectivity index (χ3v) is 4.53. The number of aromatic nitrogens is 1. The molecule has 1 aromatic rings. The van der Waals surface area contributed by atoms with E-state index < -0.39 is 5.54 Å². The summed E-state index contributed by atoms with van der Waals surface area (Å²) in [5.74, 6) is 0.337. The van der Waals surface area contributed by atoms with Gasteiger partial charge in [0.15, 0.2) is 0 Å². The molecule has 0 amide bonds. The zero-order valence-electron chi connectivity index (χ0n) is 11.5. The number of hydrogen-bond acceptors (Lipinski definition) is 2. The molecule has 2 atom stereocenters. The first-order chi connectivity index (χ1) is 9.08. The number of aromatic amines is 1. The second-order valence-corrected chi connectivity index (χ2v) is 5.60. The molecule has 3 nitrogen and oxygen atoms in total. The van der Waals surface area contributed by atoms with E-state index in [1.807, 2.05) is 6.07 Å². The molecular weight excluding hydrogens is 236 g/mol. The van der Waals surface area contributed by atoms with E-state index in [1.165, 1.54) is 11.1 Å². The second kappa shape index (κ2) is 4.20. The van der Waals surface area contributed by atoms with Gasteiger partial charge in [-0.3, -0.25) is 4.79 Å². The molecular formula is C16H20N2O. The summed E-state index contributed by atoms with van der Waals surface area (Å²) in [4.78, 5) is 14.5. The number of fused-ring (bicyclic) bond motifs is 4. The Morgan fingerprint density at radius 3 is 3.00 bits per heavy atom. The van der Waals surface area contributed by atoms with Gasteiger partial charge in [-0.2, -0.15) is 0 Å². The summed E-state index contributed by atoms with van der Waals surface area (Å²) in [5.41, 5.74) is 11.1. The molecule has 19 heavy (non-hydrogen) atoms. The van der Waals surface area contributed by atoms with Crippen molar-refractivity contribution in [2.45, 2.75) is 38.6 Å². The van der Waals surface area contributed by atoms with Gasteiger partial charge in [0.25, 0.3) is 0 Å². The molecule has 1 aromatic heterocycles. The van der Waals surface area contributed by atoms with Crippen LogP contribution in [0.4, 0.5) is 0 Å². The van der Waals surface area contributed by atoms with Gasteiger partial charge in [-0.25, -0.2) is 0 Å². The number of allylic oxidation sites excluding steroid dienone is 2. The van der Waals surface area contributed by atoms with Crippen LogP contribution in [0.5, 0.6) is 0 Å². The zero-order valence-corrected chi connectivity index (χ0v) is 11.5. The van der Waals surface area contributed by atoms with Gasteiger partial charge in [-0.15, -0.1) is 0 Å². The predicted molar refractivity (Wildman–Crippen MR) is 76.9 cm³/mol. The van der Waals surface area contributed by atoms with Crippen LogP contribution >= 0.6 is 0 Å². The molecule has 100 valence electrons. The predicted octanol–water partition coefficient (Wildman–Crippen LogP) is 2.39. The standard InChI is InChI=1S/C16H20N2O/c1-3-10-7-11-8-14-13(5-6-15(19)18-14)16(17,9-10)12(11)4-2/h4-7,11H,3,8-9,17H2,1-2H3,(H,18,19). The molecule has 0 spiro atoms. The third kappa shape index (κ3) is 1.72. The SMILES string of the molecule is CC=C1C2C=C(CC)CC1(N)c1ccc(=O)[nH]c1C2. The number of pyridine rings is 1. The lowest BCUT2D eigenvalue weighted by atomic mass is 9.63. The minimum atomic E-state index is -0.433. The highest BCUT2D eigenvalue weighted by Crippen LogP contribution is 2.48. The number of nitrogens with one attached hydrogen (secondary N) is 1. The number of hydrogen-bond donors (Lipinski definition) is 2. The Hall–Kier alpha value is -1.61. The van der Waals surface area contributed by atoms with E-state index in [0.29, 0.717) is 5.92 Å². The quantitative estimate of drug-likeness (QED) is 0.758. The van der Waals surface area contributed by atoms with Gasteiger partial charge in [0.2, 0.25) is 5.56 Å². The van der Waals surface area contributed by atoms with Crippen molar-refractivity contribution in [2.24, 2.45) is 11.7 Å². The Morgan fingerprint density at radius 2 is 2.32 bits per heavy atom. The lowest BCUT2D eigenvalue weighted by molar-refractivity contribution is 0.405. The Bertz CT molecular complexity index is 638. The number of rotatable bonds is 1. The molecule has 0 radical (unpaired) electrons. The van der Waals surface area contributed by atoms with Crippen molar-refractivity contribution in [1.82, 2.24) is 4.98 Å². The highest BCUT2D eigenvalue weighted by Gasteiger charge is 2.44. The molecule has 3 heteroatoms. The van der Waals surface area contributed by atoms with Crippen molar-refractivity contribution < 1.29 is 0 Å². The van der Waals surface area contributed by atoms with Crippen molar-refractivity contribution in [3.05, 3.63) is 57.0 Å². The molecule has 3 N–H and O–H groups in total. The van der Waals surface area contributed by atoms with E-state index in [0.717, 1.165) is 30.5 Å². The van der Waals surface area contributed by atoms with Gasteiger partial charge in [-0.05, 0) is 43.4 Å². The molecule has 0 saturated heterocycles. The monoisotopic (exact) mass is 256 g/mol. The van der Waals surface area contributed by atoms with E-state index in [1.54, 1.807) is 6.07 Å². The molecule has 0 aromatic carbocycles. The van der Waals surface area contributed by atoms with Gasteiger partial charge < -0.3 is 10.7 Å². The van der Waals surface area contributed by atoms with Gasteiger partial charge >= 0.3 is 0 Å². The summed E-state index contributed by atoms with van der Waals surface area (Å²) in [6.07, 6.45) is 7.26. The highest BCUT2D eigenvalue weighted by molar-refractivity contribution is 5.49. The fraction of sp³-hybridized carbons (Fsp3) is 0.438. The van der Waals surface area contributed by atoms with E-state index in [-0.39, 0.29) is 5.56 Å². The summed E-state index contributed by atoms with van der Waals surface area (Å²) < 4.78 is 0. The van der Waals surface area contributed by atoms with Crippen LogP contribution in [0, 0.1) is 5.92 Å². The lowest BCUT2D eigenvalue weighted by Gasteiger charge is -2.45. The van der Waals surface area contributed by atoms with Crippen molar-refractivity contribution >= 4 is 0 Å². The first-order valence-electron chi connectivity index (χ1n) is 6.96. The van der Waals surface area contributed by atoms with E-state index in [9.17, 15) is 4.79 Å². The normalized spacial score (nSPS) is 31.0. The van der Waals surface area contributed by atoms with Crippen LogP contribution in [0.1, 0.15) is 37.9 Å². The smallest absolute Gasteiger partial charge is 0.248 e. The molecule has 2 aliphatic carbocycles. The average molecular weight is 256 g/mol. The fourth-order valence-electron chi connectivity index (χ4n) is 3.67. The fourth-order valence-corrected chi connectivity index (χ4v) is 3.67. The van der Waals surface area contributed by atoms with Crippen LogP contribution in [0.15, 0.2) is 40.2 Å². The molecule has 0 aliphatic heterocycles. The van der Waals surface area contributed by atoms with Crippen LogP contribution in [0.25, 0.3) is 0 Å². The molecule has 2 unspecified atom stereocenters. The lowest BCUT2D eigenvalue weighted by Crippen LogP contribution is -2.48. The van der Waals surface area contributed by atoms with Crippen LogP contribution in [0.3, 0.4) is 0 Å². The molecule has 0 fully saturated rings. The molecule has 1 heterocycles. The number of H-pyrrole nitrogens is 1. The largest absolute Gasteiger partial charge is 0.326 e. The van der Waals surface area contributed by atoms with Crippen molar-refractivity contribution in [3.8, 4) is 0 Å². The van der Waals surface area contributed by atoms with Crippen LogP contribution < -0.4 is 11.3 Å². The Balaban J connectivity index is 2.24.